The normalized spacial score (nSPS) is 19.8. The van der Waals surface area contributed by atoms with E-state index in [2.05, 4.69) is 5.48 Å². The van der Waals surface area contributed by atoms with Crippen LogP contribution in [0, 0.1) is 0 Å². The Morgan fingerprint density at radius 2 is 1.86 bits per heavy atom. The molecule has 4 rings (SSSR count). The van der Waals surface area contributed by atoms with Crippen LogP contribution in [0.25, 0.3) is 5.70 Å². The van der Waals surface area contributed by atoms with Crippen molar-refractivity contribution < 1.29 is 27.5 Å². The molecule has 2 aliphatic heterocycles. The first-order valence-electron chi connectivity index (χ1n) is 8.47. The van der Waals surface area contributed by atoms with Gasteiger partial charge in [0.05, 0.1) is 32.0 Å². The summed E-state index contributed by atoms with van der Waals surface area (Å²) in [5, 5.41) is 0. The van der Waals surface area contributed by atoms with Crippen LogP contribution in [0.5, 0.6) is 11.5 Å². The zero-order valence-corrected chi connectivity index (χ0v) is 16.0. The molecule has 146 valence electrons. The Morgan fingerprint density at radius 3 is 2.57 bits per heavy atom. The van der Waals surface area contributed by atoms with Crippen LogP contribution in [0.2, 0.25) is 0 Å². The van der Waals surface area contributed by atoms with Crippen LogP contribution < -0.4 is 15.0 Å². The van der Waals surface area contributed by atoms with Gasteiger partial charge in [-0.3, -0.25) is 15.1 Å². The number of carbonyl (C=O) groups excluding carboxylic acids is 1. The van der Waals surface area contributed by atoms with E-state index in [9.17, 15) is 13.2 Å². The van der Waals surface area contributed by atoms with E-state index in [-0.39, 0.29) is 17.0 Å². The lowest BCUT2D eigenvalue weighted by Crippen LogP contribution is -2.37. The molecule has 2 aliphatic rings. The number of methoxy groups -OCH3 is 2. The molecule has 9 heteroatoms. The average molecular weight is 402 g/mol. The van der Waals surface area contributed by atoms with E-state index in [1.165, 1.54) is 12.1 Å². The van der Waals surface area contributed by atoms with E-state index in [0.717, 1.165) is 9.87 Å². The number of nitrogens with zero attached hydrogens (tertiary/aromatic N) is 1. The maximum Gasteiger partial charge on any atom is 0.269 e. The zero-order chi connectivity index (χ0) is 19.9. The second kappa shape index (κ2) is 6.84. The van der Waals surface area contributed by atoms with Gasteiger partial charge in [0, 0.05) is 5.56 Å². The highest BCUT2D eigenvalue weighted by Crippen LogP contribution is 2.33. The number of rotatable bonds is 5. The fraction of sp³-hybridized carbons (Fsp3) is 0.211. The van der Waals surface area contributed by atoms with Crippen molar-refractivity contribution in [2.24, 2.45) is 0 Å². The van der Waals surface area contributed by atoms with Gasteiger partial charge in [-0.2, -0.15) is 0 Å². The number of benzene rings is 2. The molecular formula is C19H18N2O6S. The molecule has 0 fully saturated rings. The highest BCUT2D eigenvalue weighted by molar-refractivity contribution is 7.90. The summed E-state index contributed by atoms with van der Waals surface area (Å²) < 4.78 is 36.7. The summed E-state index contributed by atoms with van der Waals surface area (Å²) in [6, 6.07) is 11.5. The van der Waals surface area contributed by atoms with Gasteiger partial charge in [0.1, 0.15) is 11.0 Å². The van der Waals surface area contributed by atoms with Crippen LogP contribution >= 0.6 is 0 Å². The average Bonchev–Trinajstić information content (AvgIpc) is 3.25. The first kappa shape index (κ1) is 18.3. The van der Waals surface area contributed by atoms with Crippen LogP contribution in [0.3, 0.4) is 0 Å². The number of hydroxylamine groups is 1. The number of amides is 1. The van der Waals surface area contributed by atoms with E-state index in [4.69, 9.17) is 14.3 Å². The Hall–Kier alpha value is -3.04. The topological polar surface area (TPSA) is 94.2 Å². The number of hydrogen-bond donors (Lipinski definition) is 1. The molecule has 0 radical (unpaired) electrons. The first-order valence-corrected chi connectivity index (χ1v) is 9.91. The van der Waals surface area contributed by atoms with E-state index in [1.807, 2.05) is 6.07 Å². The summed E-state index contributed by atoms with van der Waals surface area (Å²) >= 11 is 0. The van der Waals surface area contributed by atoms with Gasteiger partial charge in [-0.15, -0.1) is 0 Å². The van der Waals surface area contributed by atoms with Crippen molar-refractivity contribution in [1.29, 1.82) is 0 Å². The monoisotopic (exact) mass is 402 g/mol. The van der Waals surface area contributed by atoms with Crippen LogP contribution in [-0.4, -0.2) is 45.5 Å². The van der Waals surface area contributed by atoms with Gasteiger partial charge < -0.3 is 9.47 Å². The van der Waals surface area contributed by atoms with Gasteiger partial charge in [-0.1, -0.05) is 12.1 Å². The maximum absolute atomic E-state index is 12.7. The van der Waals surface area contributed by atoms with Crippen molar-refractivity contribution in [2.75, 3.05) is 20.8 Å². The molecule has 2 aromatic carbocycles. The van der Waals surface area contributed by atoms with Crippen molar-refractivity contribution in [3.05, 3.63) is 59.7 Å². The van der Waals surface area contributed by atoms with Crippen molar-refractivity contribution in [3.63, 3.8) is 0 Å². The smallest absolute Gasteiger partial charge is 0.269 e. The molecule has 0 spiro atoms. The third kappa shape index (κ3) is 2.88. The molecule has 2 aromatic rings. The standard InChI is InChI=1S/C19H18N2O6S/c1-25-16-8-7-12(9-17(16)26-2)15-10-13(27-20-15)11-21-19(22)14-5-3-4-6-18(14)28(21,23)24/h3-10,13,20H,11H2,1-2H3/t13-/m0/s1. The molecule has 1 atom stereocenters. The number of hydrogen-bond acceptors (Lipinski definition) is 7. The molecule has 0 aromatic heterocycles. The number of carbonyl (C=O) groups is 1. The van der Waals surface area contributed by atoms with Crippen LogP contribution in [0.1, 0.15) is 15.9 Å². The van der Waals surface area contributed by atoms with E-state index in [1.54, 1.807) is 44.6 Å². The summed E-state index contributed by atoms with van der Waals surface area (Å²) in [6.45, 7) is -0.125. The predicted molar refractivity (Wildman–Crippen MR) is 100 cm³/mol. The minimum Gasteiger partial charge on any atom is -0.493 e. The fourth-order valence-electron chi connectivity index (χ4n) is 3.22. The number of fused-ring (bicyclic) bond motifs is 1. The Bertz CT molecular complexity index is 1080. The van der Waals surface area contributed by atoms with Crippen molar-refractivity contribution >= 4 is 21.6 Å². The summed E-state index contributed by atoms with van der Waals surface area (Å²) in [7, 11) is -0.783. The Balaban J connectivity index is 1.57. The molecule has 1 N–H and O–H groups in total. The Morgan fingerprint density at radius 1 is 1.11 bits per heavy atom. The Kier molecular flexibility index (Phi) is 4.48. The van der Waals surface area contributed by atoms with Gasteiger partial charge >= 0.3 is 0 Å². The molecule has 0 saturated carbocycles. The molecule has 0 bridgehead atoms. The molecule has 0 saturated heterocycles. The lowest BCUT2D eigenvalue weighted by atomic mass is 10.1. The van der Waals surface area contributed by atoms with Gasteiger partial charge in [-0.25, -0.2) is 12.7 Å². The van der Waals surface area contributed by atoms with Gasteiger partial charge in [0.2, 0.25) is 0 Å². The number of nitrogens with one attached hydrogen (secondary N) is 1. The lowest BCUT2D eigenvalue weighted by Gasteiger charge is -2.17. The van der Waals surface area contributed by atoms with Gasteiger partial charge in [0.25, 0.3) is 15.9 Å². The van der Waals surface area contributed by atoms with Crippen molar-refractivity contribution in [1.82, 2.24) is 9.79 Å². The molecular weight excluding hydrogens is 384 g/mol. The minimum absolute atomic E-state index is 0.0232. The maximum atomic E-state index is 12.7. The third-order valence-corrected chi connectivity index (χ3v) is 6.43. The van der Waals surface area contributed by atoms with E-state index < -0.39 is 22.0 Å². The zero-order valence-electron chi connectivity index (χ0n) is 15.2. The van der Waals surface area contributed by atoms with Crippen molar-refractivity contribution in [2.45, 2.75) is 11.0 Å². The van der Waals surface area contributed by atoms with Crippen LogP contribution in [-0.2, 0) is 14.9 Å². The SMILES string of the molecule is COc1ccc(C2=C[C@@H](CN3C(=O)c4ccccc4S3(=O)=O)ON2)cc1OC. The molecule has 1 amide bonds. The number of ether oxygens (including phenoxy) is 2. The predicted octanol–water partition coefficient (Wildman–Crippen LogP) is 1.79. The second-order valence-corrected chi connectivity index (χ2v) is 8.08. The molecule has 28 heavy (non-hydrogen) atoms. The van der Waals surface area contributed by atoms with Crippen molar-refractivity contribution in [3.8, 4) is 11.5 Å². The lowest BCUT2D eigenvalue weighted by molar-refractivity contribution is 0.0389. The summed E-state index contributed by atoms with van der Waals surface area (Å²) in [5.74, 6) is 0.597. The highest BCUT2D eigenvalue weighted by Gasteiger charge is 2.42. The van der Waals surface area contributed by atoms with E-state index >= 15 is 0 Å². The summed E-state index contributed by atoms with van der Waals surface area (Å²) in [4.78, 5) is 18.0. The quantitative estimate of drug-likeness (QED) is 0.815. The molecule has 2 heterocycles. The van der Waals surface area contributed by atoms with Gasteiger partial charge in [-0.05, 0) is 36.4 Å². The molecule has 0 aliphatic carbocycles. The Labute approximate surface area is 162 Å². The number of sulfonamides is 1. The molecule has 0 unspecified atom stereocenters. The highest BCUT2D eigenvalue weighted by atomic mass is 32.2. The first-order chi connectivity index (χ1) is 13.5. The largest absolute Gasteiger partial charge is 0.493 e. The minimum atomic E-state index is -3.87. The summed E-state index contributed by atoms with van der Waals surface area (Å²) in [5.41, 5.74) is 4.38. The van der Waals surface area contributed by atoms with Gasteiger partial charge in [0.15, 0.2) is 11.5 Å². The van der Waals surface area contributed by atoms with E-state index in [0.29, 0.717) is 17.2 Å². The summed E-state index contributed by atoms with van der Waals surface area (Å²) in [6.07, 6.45) is 1.10. The fourth-order valence-corrected chi connectivity index (χ4v) is 4.80. The third-order valence-electron chi connectivity index (χ3n) is 4.63. The molecule has 8 nitrogen and oxygen atoms in total. The van der Waals surface area contributed by atoms with Crippen LogP contribution in [0.4, 0.5) is 0 Å². The van der Waals surface area contributed by atoms with Crippen LogP contribution in [0.15, 0.2) is 53.4 Å². The second-order valence-electron chi connectivity index (χ2n) is 6.25.